The topological polar surface area (TPSA) is 76.7 Å². The van der Waals surface area contributed by atoms with E-state index in [-0.39, 0.29) is 6.61 Å². The van der Waals surface area contributed by atoms with Gasteiger partial charge < -0.3 is 9.47 Å². The molecule has 0 spiro atoms. The lowest BCUT2D eigenvalue weighted by Gasteiger charge is -2.13. The van der Waals surface area contributed by atoms with Gasteiger partial charge in [0.05, 0.1) is 7.11 Å². The Morgan fingerprint density at radius 1 is 0.828 bits per heavy atom. The molecule has 0 saturated carbocycles. The quantitative estimate of drug-likeness (QED) is 0.602. The number of carbonyl (C=O) groups excluding carboxylic acids is 2. The zero-order valence-corrected chi connectivity index (χ0v) is 16.4. The minimum absolute atomic E-state index is 0.259. The molecule has 0 atom stereocenters. The van der Waals surface area contributed by atoms with Gasteiger partial charge in [-0.2, -0.15) is 0 Å². The Bertz CT molecular complexity index is 1010. The fourth-order valence-electron chi connectivity index (χ4n) is 2.55. The average molecular weight is 411 g/mol. The molecule has 0 aliphatic rings. The van der Waals surface area contributed by atoms with E-state index in [0.717, 1.165) is 5.56 Å². The van der Waals surface area contributed by atoms with E-state index in [4.69, 9.17) is 21.1 Å². The standard InChI is InChI=1S/C22H19ClN2O4/c1-28-20-13-16(22(27)25-24-21(26)15-7-3-2-4-8-15)11-12-19(20)29-14-17-9-5-6-10-18(17)23/h2-13H,14H2,1H3,(H,24,26)(H,25,27). The monoisotopic (exact) mass is 410 g/mol. The molecule has 3 aromatic rings. The average Bonchev–Trinajstić information content (AvgIpc) is 2.77. The molecule has 29 heavy (non-hydrogen) atoms. The largest absolute Gasteiger partial charge is 0.493 e. The maximum Gasteiger partial charge on any atom is 0.269 e. The van der Waals surface area contributed by atoms with Gasteiger partial charge in [0.1, 0.15) is 6.61 Å². The molecule has 148 valence electrons. The third-order valence-electron chi connectivity index (χ3n) is 4.09. The molecule has 7 heteroatoms. The summed E-state index contributed by atoms with van der Waals surface area (Å²) in [5.74, 6) is -0.0350. The highest BCUT2D eigenvalue weighted by atomic mass is 35.5. The van der Waals surface area contributed by atoms with Crippen LogP contribution in [0, 0.1) is 0 Å². The zero-order valence-electron chi connectivity index (χ0n) is 15.6. The molecule has 0 aromatic heterocycles. The Balaban J connectivity index is 1.63. The van der Waals surface area contributed by atoms with Crippen LogP contribution in [0.25, 0.3) is 0 Å². The van der Waals surface area contributed by atoms with Crippen molar-refractivity contribution in [2.24, 2.45) is 0 Å². The molecule has 6 nitrogen and oxygen atoms in total. The molecular weight excluding hydrogens is 392 g/mol. The van der Waals surface area contributed by atoms with E-state index in [1.165, 1.54) is 13.2 Å². The van der Waals surface area contributed by atoms with Crippen LogP contribution in [-0.4, -0.2) is 18.9 Å². The Hall–Kier alpha value is -3.51. The molecule has 3 aromatic carbocycles. The van der Waals surface area contributed by atoms with Crippen molar-refractivity contribution in [1.82, 2.24) is 10.9 Å². The van der Waals surface area contributed by atoms with E-state index in [1.54, 1.807) is 48.5 Å². The summed E-state index contributed by atoms with van der Waals surface area (Å²) in [4.78, 5) is 24.4. The summed E-state index contributed by atoms with van der Waals surface area (Å²) in [7, 11) is 1.48. The number of nitrogens with one attached hydrogen (secondary N) is 2. The van der Waals surface area contributed by atoms with Crippen molar-refractivity contribution in [2.75, 3.05) is 7.11 Å². The van der Waals surface area contributed by atoms with Gasteiger partial charge in [0, 0.05) is 21.7 Å². The second-order valence-corrected chi connectivity index (χ2v) is 6.43. The second-order valence-electron chi connectivity index (χ2n) is 6.02. The van der Waals surface area contributed by atoms with Crippen molar-refractivity contribution < 1.29 is 19.1 Å². The van der Waals surface area contributed by atoms with Gasteiger partial charge in [-0.15, -0.1) is 0 Å². The van der Waals surface area contributed by atoms with E-state index in [0.29, 0.717) is 27.6 Å². The third-order valence-corrected chi connectivity index (χ3v) is 4.46. The summed E-state index contributed by atoms with van der Waals surface area (Å²) < 4.78 is 11.1. The maximum atomic E-state index is 12.3. The summed E-state index contributed by atoms with van der Waals surface area (Å²) in [5, 5.41) is 0.608. The van der Waals surface area contributed by atoms with E-state index >= 15 is 0 Å². The van der Waals surface area contributed by atoms with Crippen LogP contribution in [0.4, 0.5) is 0 Å². The number of halogens is 1. The SMILES string of the molecule is COc1cc(C(=O)NNC(=O)c2ccccc2)ccc1OCc1ccccc1Cl. The summed E-state index contributed by atoms with van der Waals surface area (Å²) >= 11 is 6.14. The number of rotatable bonds is 6. The number of carbonyl (C=O) groups is 2. The van der Waals surface area contributed by atoms with Gasteiger partial charge in [0.15, 0.2) is 11.5 Å². The van der Waals surface area contributed by atoms with Crippen LogP contribution in [0.5, 0.6) is 11.5 Å². The number of amides is 2. The predicted octanol–water partition coefficient (Wildman–Crippen LogP) is 4.00. The van der Waals surface area contributed by atoms with Crippen LogP contribution in [0.3, 0.4) is 0 Å². The lowest BCUT2D eigenvalue weighted by molar-refractivity contribution is 0.0846. The van der Waals surface area contributed by atoms with Crippen molar-refractivity contribution >= 4 is 23.4 Å². The minimum Gasteiger partial charge on any atom is -0.493 e. The van der Waals surface area contributed by atoms with Crippen LogP contribution in [0.1, 0.15) is 26.3 Å². The molecule has 3 rings (SSSR count). The van der Waals surface area contributed by atoms with Gasteiger partial charge in [0.2, 0.25) is 0 Å². The second kappa shape index (κ2) is 9.61. The molecule has 0 aliphatic heterocycles. The first kappa shape index (κ1) is 20.2. The first-order valence-corrected chi connectivity index (χ1v) is 9.16. The lowest BCUT2D eigenvalue weighted by atomic mass is 10.2. The number of hydrogen-bond donors (Lipinski definition) is 2. The fourth-order valence-corrected chi connectivity index (χ4v) is 2.74. The number of benzene rings is 3. The van der Waals surface area contributed by atoms with Crippen LogP contribution in [0.15, 0.2) is 72.8 Å². The molecule has 0 aliphatic carbocycles. The Morgan fingerprint density at radius 3 is 2.17 bits per heavy atom. The first-order chi connectivity index (χ1) is 14.1. The molecule has 0 unspecified atom stereocenters. The Morgan fingerprint density at radius 2 is 1.48 bits per heavy atom. The summed E-state index contributed by atoms with van der Waals surface area (Å²) in [6, 6.07) is 20.7. The molecule has 0 saturated heterocycles. The number of methoxy groups -OCH3 is 1. The van der Waals surface area contributed by atoms with Crippen molar-refractivity contribution in [3.05, 3.63) is 94.5 Å². The van der Waals surface area contributed by atoms with E-state index in [2.05, 4.69) is 10.9 Å². The van der Waals surface area contributed by atoms with Crippen molar-refractivity contribution in [2.45, 2.75) is 6.61 Å². The summed E-state index contributed by atoms with van der Waals surface area (Å²) in [6.07, 6.45) is 0. The zero-order chi connectivity index (χ0) is 20.6. The van der Waals surface area contributed by atoms with Gasteiger partial charge in [-0.25, -0.2) is 0 Å². The highest BCUT2D eigenvalue weighted by molar-refractivity contribution is 6.31. The summed E-state index contributed by atoms with van der Waals surface area (Å²) in [6.45, 7) is 0.259. The summed E-state index contributed by atoms with van der Waals surface area (Å²) in [5.41, 5.74) is 6.34. The van der Waals surface area contributed by atoms with E-state index in [1.807, 2.05) is 18.2 Å². The van der Waals surface area contributed by atoms with Gasteiger partial charge >= 0.3 is 0 Å². The van der Waals surface area contributed by atoms with Crippen molar-refractivity contribution in [1.29, 1.82) is 0 Å². The lowest BCUT2D eigenvalue weighted by Crippen LogP contribution is -2.41. The Kier molecular flexibility index (Phi) is 6.71. The van der Waals surface area contributed by atoms with Crippen LogP contribution >= 0.6 is 11.6 Å². The minimum atomic E-state index is -0.481. The van der Waals surface area contributed by atoms with Crippen molar-refractivity contribution in [3.8, 4) is 11.5 Å². The number of ether oxygens (including phenoxy) is 2. The van der Waals surface area contributed by atoms with Crippen LogP contribution < -0.4 is 20.3 Å². The van der Waals surface area contributed by atoms with Gasteiger partial charge in [-0.05, 0) is 36.4 Å². The van der Waals surface area contributed by atoms with Gasteiger partial charge in [0.25, 0.3) is 11.8 Å². The van der Waals surface area contributed by atoms with Crippen molar-refractivity contribution in [3.63, 3.8) is 0 Å². The normalized spacial score (nSPS) is 10.1. The fraction of sp³-hybridized carbons (Fsp3) is 0.0909. The molecule has 0 bridgehead atoms. The third kappa shape index (κ3) is 5.27. The molecule has 0 fully saturated rings. The number of hydrazine groups is 1. The molecule has 2 amide bonds. The van der Waals surface area contributed by atoms with E-state index < -0.39 is 11.8 Å². The van der Waals surface area contributed by atoms with Crippen LogP contribution in [-0.2, 0) is 6.61 Å². The van der Waals surface area contributed by atoms with Crippen LogP contribution in [0.2, 0.25) is 5.02 Å². The smallest absolute Gasteiger partial charge is 0.269 e. The molecular formula is C22H19ClN2O4. The molecule has 0 heterocycles. The highest BCUT2D eigenvalue weighted by Gasteiger charge is 2.13. The van der Waals surface area contributed by atoms with Gasteiger partial charge in [-0.3, -0.25) is 20.4 Å². The van der Waals surface area contributed by atoms with Gasteiger partial charge in [-0.1, -0.05) is 48.0 Å². The van der Waals surface area contributed by atoms with E-state index in [9.17, 15) is 9.59 Å². The Labute approximate surface area is 173 Å². The predicted molar refractivity (Wildman–Crippen MR) is 110 cm³/mol. The number of hydrogen-bond acceptors (Lipinski definition) is 4. The molecule has 0 radical (unpaired) electrons. The molecule has 2 N–H and O–H groups in total. The first-order valence-electron chi connectivity index (χ1n) is 8.78. The maximum absolute atomic E-state index is 12.3. The highest BCUT2D eigenvalue weighted by Crippen LogP contribution is 2.29.